The van der Waals surface area contributed by atoms with Crippen molar-refractivity contribution in [1.29, 1.82) is 0 Å². The molecule has 0 aliphatic carbocycles. The lowest BCUT2D eigenvalue weighted by Gasteiger charge is -2.20. The van der Waals surface area contributed by atoms with E-state index in [4.69, 9.17) is 9.15 Å². The van der Waals surface area contributed by atoms with Crippen LogP contribution in [0.25, 0.3) is 22.3 Å². The fraction of sp³-hybridized carbons (Fsp3) is 0.156. The summed E-state index contributed by atoms with van der Waals surface area (Å²) in [5.74, 6) is -1.18. The number of alkyl halides is 3. The minimum atomic E-state index is -4.33. The minimum Gasteiger partial charge on any atom is -0.508 e. The van der Waals surface area contributed by atoms with Gasteiger partial charge in [-0.3, -0.25) is 4.79 Å². The third-order valence-corrected chi connectivity index (χ3v) is 6.38. The highest BCUT2D eigenvalue weighted by Crippen LogP contribution is 2.36. The second-order valence-corrected chi connectivity index (χ2v) is 9.42. The molecule has 0 fully saturated rings. The van der Waals surface area contributed by atoms with Gasteiger partial charge in [0.25, 0.3) is 0 Å². The van der Waals surface area contributed by atoms with Gasteiger partial charge in [0.2, 0.25) is 11.2 Å². The van der Waals surface area contributed by atoms with E-state index >= 15 is 0 Å². The molecular weight excluding hydrogens is 603 g/mol. The molecule has 8 nitrogen and oxygen atoms in total. The Morgan fingerprint density at radius 2 is 1.55 bits per heavy atom. The van der Waals surface area contributed by atoms with E-state index in [0.717, 1.165) is 36.7 Å². The molecule has 0 spiro atoms. The molecule has 0 saturated carbocycles. The van der Waals surface area contributed by atoms with Crippen molar-refractivity contribution in [1.82, 2.24) is 5.32 Å². The van der Waals surface area contributed by atoms with E-state index in [-0.39, 0.29) is 52.3 Å². The highest BCUT2D eigenvalue weighted by molar-refractivity contribution is 5.85. The van der Waals surface area contributed by atoms with E-state index in [2.05, 4.69) is 5.32 Å². The van der Waals surface area contributed by atoms with E-state index < -0.39 is 28.7 Å². The van der Waals surface area contributed by atoms with Crippen LogP contribution in [0.3, 0.4) is 0 Å². The number of hydrogen-bond donors (Lipinski definition) is 5. The number of hydrogen-bond acceptors (Lipinski definition) is 8. The summed E-state index contributed by atoms with van der Waals surface area (Å²) >= 11 is 0. The third kappa shape index (κ3) is 8.15. The monoisotopic (exact) mass is 631 g/mol. The van der Waals surface area contributed by atoms with Gasteiger partial charge in [-0.15, -0.1) is 12.4 Å². The van der Waals surface area contributed by atoms with Crippen molar-refractivity contribution in [3.8, 4) is 40.1 Å². The molecule has 1 unspecified atom stereocenters. The second kappa shape index (κ2) is 14.5. The van der Waals surface area contributed by atoms with Crippen LogP contribution in [-0.2, 0) is 6.18 Å². The summed E-state index contributed by atoms with van der Waals surface area (Å²) < 4.78 is 49.0. The zero-order valence-corrected chi connectivity index (χ0v) is 24.0. The molecule has 232 valence electrons. The molecule has 0 saturated heterocycles. The van der Waals surface area contributed by atoms with Crippen molar-refractivity contribution in [3.05, 3.63) is 112 Å². The molecule has 5 N–H and O–H groups in total. The number of halogens is 4. The summed E-state index contributed by atoms with van der Waals surface area (Å²) in [5, 5.41) is 41.3. The summed E-state index contributed by atoms with van der Waals surface area (Å²) in [5.41, 5.74) is -0.0201. The van der Waals surface area contributed by atoms with E-state index in [1.807, 2.05) is 37.4 Å². The van der Waals surface area contributed by atoms with E-state index in [9.17, 15) is 38.4 Å². The van der Waals surface area contributed by atoms with Gasteiger partial charge in [0.15, 0.2) is 17.3 Å². The number of ether oxygens (including phenoxy) is 1. The molecule has 44 heavy (non-hydrogen) atoms. The summed E-state index contributed by atoms with van der Waals surface area (Å²) in [6.07, 6.45) is -3.81. The molecule has 1 atom stereocenters. The first-order chi connectivity index (χ1) is 20.5. The molecule has 1 aromatic heterocycles. The van der Waals surface area contributed by atoms with Gasteiger partial charge in [0, 0.05) is 18.1 Å². The molecular formula is C32H29ClF3NO7. The van der Waals surface area contributed by atoms with Crippen molar-refractivity contribution < 1.29 is 42.8 Å². The molecule has 0 bridgehead atoms. The van der Waals surface area contributed by atoms with Gasteiger partial charge < -0.3 is 34.9 Å². The lowest BCUT2D eigenvalue weighted by atomic mass is 10.1. The van der Waals surface area contributed by atoms with Gasteiger partial charge in [-0.05, 0) is 73.8 Å². The average molecular weight is 632 g/mol. The van der Waals surface area contributed by atoms with Gasteiger partial charge in [0.05, 0.1) is 10.9 Å². The van der Waals surface area contributed by atoms with Crippen molar-refractivity contribution >= 4 is 23.4 Å². The Hall–Kier alpha value is -4.87. The predicted molar refractivity (Wildman–Crippen MR) is 162 cm³/mol. The Kier molecular flexibility index (Phi) is 11.1. The maximum atomic E-state index is 12.6. The highest BCUT2D eigenvalue weighted by atomic mass is 35.5. The van der Waals surface area contributed by atoms with Crippen LogP contribution in [0.4, 0.5) is 13.2 Å². The van der Waals surface area contributed by atoms with Crippen LogP contribution >= 0.6 is 12.4 Å². The van der Waals surface area contributed by atoms with Crippen LogP contribution in [0.5, 0.6) is 28.7 Å². The molecule has 0 aliphatic heterocycles. The fourth-order valence-electron chi connectivity index (χ4n) is 4.16. The number of aromatic hydroxyl groups is 4. The topological polar surface area (TPSA) is 132 Å². The fourth-order valence-corrected chi connectivity index (χ4v) is 4.16. The van der Waals surface area contributed by atoms with Gasteiger partial charge >= 0.3 is 6.18 Å². The smallest absolute Gasteiger partial charge is 0.416 e. The summed E-state index contributed by atoms with van der Waals surface area (Å²) in [6.45, 7) is 0.750. The van der Waals surface area contributed by atoms with Crippen LogP contribution in [0.15, 0.2) is 100 Å². The molecule has 4 aromatic carbocycles. The third-order valence-electron chi connectivity index (χ3n) is 6.38. The summed E-state index contributed by atoms with van der Waals surface area (Å²) in [7, 11) is 1.85. The zero-order valence-electron chi connectivity index (χ0n) is 23.2. The Balaban J connectivity index is 0.000000235. The predicted octanol–water partition coefficient (Wildman–Crippen LogP) is 7.14. The first kappa shape index (κ1) is 33.6. The lowest BCUT2D eigenvalue weighted by molar-refractivity contribution is -0.137. The maximum Gasteiger partial charge on any atom is 0.416 e. The van der Waals surface area contributed by atoms with Crippen LogP contribution in [0, 0.1) is 0 Å². The number of phenols is 3. The first-order valence-corrected chi connectivity index (χ1v) is 13.0. The van der Waals surface area contributed by atoms with E-state index in [1.165, 1.54) is 42.5 Å². The van der Waals surface area contributed by atoms with E-state index in [1.54, 1.807) is 0 Å². The SMILES string of the molecule is CNCCC(Oc1ccc(C(F)(F)F)cc1)c1ccccc1.Cl.O=c1c(O)c(-c2ccc(O)c(O)c2)oc2cc(O)ccc12. The first-order valence-electron chi connectivity index (χ1n) is 13.0. The minimum absolute atomic E-state index is 0. The van der Waals surface area contributed by atoms with Gasteiger partial charge in [-0.2, -0.15) is 13.2 Å². The lowest BCUT2D eigenvalue weighted by Crippen LogP contribution is -2.16. The number of phenolic OH excluding ortho intramolecular Hbond substituents is 3. The number of benzene rings is 4. The van der Waals surface area contributed by atoms with Crippen LogP contribution < -0.4 is 15.5 Å². The Morgan fingerprint density at radius 3 is 2.16 bits per heavy atom. The van der Waals surface area contributed by atoms with Crippen molar-refractivity contribution in [2.75, 3.05) is 13.6 Å². The molecule has 12 heteroatoms. The Labute approximate surface area is 256 Å². The standard InChI is InChI=1S/C17H18F3NO.C15H10O6.ClH/c1-21-12-11-16(13-5-3-2-4-6-13)22-15-9-7-14(8-10-15)17(18,19)20;16-8-2-3-9-12(6-8)21-15(14(20)13(9)19)7-1-4-10(17)11(18)5-7;/h2-10,16,21H,11-12H2,1H3;1-6,16-18,20H;1H. The van der Waals surface area contributed by atoms with Crippen LogP contribution in [0.2, 0.25) is 0 Å². The Bertz CT molecular complexity index is 1740. The number of fused-ring (bicyclic) bond motifs is 1. The molecule has 5 rings (SSSR count). The molecule has 0 radical (unpaired) electrons. The van der Waals surface area contributed by atoms with Crippen LogP contribution in [-0.4, -0.2) is 34.0 Å². The second-order valence-electron chi connectivity index (χ2n) is 9.42. The van der Waals surface area contributed by atoms with Crippen molar-refractivity contribution in [2.45, 2.75) is 18.7 Å². The molecule has 0 aliphatic rings. The normalized spacial score (nSPS) is 11.6. The molecule has 5 aromatic rings. The van der Waals surface area contributed by atoms with Crippen molar-refractivity contribution in [3.63, 3.8) is 0 Å². The molecule has 1 heterocycles. The maximum absolute atomic E-state index is 12.6. The average Bonchev–Trinajstić information content (AvgIpc) is 2.99. The van der Waals surface area contributed by atoms with Gasteiger partial charge in [0.1, 0.15) is 23.2 Å². The van der Waals surface area contributed by atoms with Gasteiger partial charge in [-0.1, -0.05) is 30.3 Å². The number of nitrogens with one attached hydrogen (secondary N) is 1. The molecule has 0 amide bonds. The van der Waals surface area contributed by atoms with Crippen LogP contribution in [0.1, 0.15) is 23.7 Å². The highest BCUT2D eigenvalue weighted by Gasteiger charge is 2.30. The Morgan fingerprint density at radius 1 is 0.864 bits per heavy atom. The summed E-state index contributed by atoms with van der Waals surface area (Å²) in [6, 6.07) is 22.1. The number of rotatable bonds is 7. The van der Waals surface area contributed by atoms with E-state index in [0.29, 0.717) is 5.75 Å². The zero-order chi connectivity index (χ0) is 31.1. The summed E-state index contributed by atoms with van der Waals surface area (Å²) in [4.78, 5) is 12.1. The largest absolute Gasteiger partial charge is 0.508 e. The van der Waals surface area contributed by atoms with Gasteiger partial charge in [-0.25, -0.2) is 0 Å². The van der Waals surface area contributed by atoms with Crippen molar-refractivity contribution in [2.24, 2.45) is 0 Å². The quantitative estimate of drug-likeness (QED) is 0.120.